The SMILES string of the molecule is O=C(N[C@@H]1CCC[C@](O)(C#Cc2cccc(F)c2)C1)c1ccoc1. The van der Waals surface area contributed by atoms with Crippen molar-refractivity contribution in [1.29, 1.82) is 0 Å². The van der Waals surface area contributed by atoms with Gasteiger partial charge in [0.15, 0.2) is 0 Å². The maximum absolute atomic E-state index is 13.2. The van der Waals surface area contributed by atoms with Crippen molar-refractivity contribution in [3.05, 3.63) is 59.8 Å². The minimum Gasteiger partial charge on any atom is -0.472 e. The number of hydrogen-bond acceptors (Lipinski definition) is 3. The third kappa shape index (κ3) is 4.03. The lowest BCUT2D eigenvalue weighted by Crippen LogP contribution is -2.45. The van der Waals surface area contributed by atoms with Gasteiger partial charge in [-0.3, -0.25) is 4.79 Å². The van der Waals surface area contributed by atoms with Gasteiger partial charge in [-0.1, -0.05) is 17.9 Å². The zero-order valence-corrected chi connectivity index (χ0v) is 13.1. The van der Waals surface area contributed by atoms with Crippen molar-refractivity contribution in [1.82, 2.24) is 5.32 Å². The first-order valence-corrected chi connectivity index (χ1v) is 7.88. The highest BCUT2D eigenvalue weighted by molar-refractivity contribution is 5.93. The zero-order valence-electron chi connectivity index (χ0n) is 13.1. The largest absolute Gasteiger partial charge is 0.472 e. The van der Waals surface area contributed by atoms with Crippen LogP contribution in [0.5, 0.6) is 0 Å². The number of hydrogen-bond donors (Lipinski definition) is 2. The van der Waals surface area contributed by atoms with Crippen LogP contribution in [0.2, 0.25) is 0 Å². The molecule has 2 aromatic rings. The molecule has 0 bridgehead atoms. The normalized spacial score (nSPS) is 23.2. The van der Waals surface area contributed by atoms with Crippen LogP contribution in [-0.2, 0) is 0 Å². The second-order valence-corrected chi connectivity index (χ2v) is 6.07. The van der Waals surface area contributed by atoms with Crippen LogP contribution in [0.25, 0.3) is 0 Å². The van der Waals surface area contributed by atoms with E-state index in [0.29, 0.717) is 24.0 Å². The van der Waals surface area contributed by atoms with E-state index < -0.39 is 5.60 Å². The van der Waals surface area contributed by atoms with Gasteiger partial charge in [-0.05, 0) is 43.5 Å². The Hall–Kier alpha value is -2.58. The van der Waals surface area contributed by atoms with Crippen LogP contribution >= 0.6 is 0 Å². The van der Waals surface area contributed by atoms with Gasteiger partial charge >= 0.3 is 0 Å². The van der Waals surface area contributed by atoms with Gasteiger partial charge in [0.05, 0.1) is 11.8 Å². The smallest absolute Gasteiger partial charge is 0.254 e. The van der Waals surface area contributed by atoms with Crippen molar-refractivity contribution in [2.45, 2.75) is 37.3 Å². The average Bonchev–Trinajstić information content (AvgIpc) is 3.08. The number of amides is 1. The molecule has 1 aromatic carbocycles. The molecule has 2 N–H and O–H groups in total. The molecule has 0 aliphatic heterocycles. The van der Waals surface area contributed by atoms with E-state index in [9.17, 15) is 14.3 Å². The molecule has 1 amide bonds. The van der Waals surface area contributed by atoms with Crippen molar-refractivity contribution in [3.63, 3.8) is 0 Å². The van der Waals surface area contributed by atoms with Gasteiger partial charge in [-0.15, -0.1) is 0 Å². The maximum atomic E-state index is 13.2. The molecule has 4 nitrogen and oxygen atoms in total. The van der Waals surface area contributed by atoms with E-state index in [0.717, 1.165) is 12.8 Å². The van der Waals surface area contributed by atoms with E-state index in [1.807, 2.05) is 0 Å². The first kappa shape index (κ1) is 16.3. The van der Waals surface area contributed by atoms with Crippen LogP contribution in [0.3, 0.4) is 0 Å². The number of aliphatic hydroxyl groups is 1. The molecule has 1 fully saturated rings. The van der Waals surface area contributed by atoms with Crippen LogP contribution < -0.4 is 5.32 Å². The molecule has 0 saturated heterocycles. The maximum Gasteiger partial charge on any atom is 0.254 e. The van der Waals surface area contributed by atoms with Crippen LogP contribution in [0.4, 0.5) is 4.39 Å². The fourth-order valence-electron chi connectivity index (χ4n) is 2.91. The quantitative estimate of drug-likeness (QED) is 0.834. The summed E-state index contributed by atoms with van der Waals surface area (Å²) in [6, 6.07) is 7.39. The predicted octanol–water partition coefficient (Wildman–Crippen LogP) is 2.87. The van der Waals surface area contributed by atoms with E-state index in [2.05, 4.69) is 17.2 Å². The molecule has 24 heavy (non-hydrogen) atoms. The lowest BCUT2D eigenvalue weighted by Gasteiger charge is -2.33. The summed E-state index contributed by atoms with van der Waals surface area (Å²) in [5.74, 6) is 5.09. The summed E-state index contributed by atoms with van der Waals surface area (Å²) in [7, 11) is 0. The summed E-state index contributed by atoms with van der Waals surface area (Å²) in [6.45, 7) is 0. The molecule has 0 spiro atoms. The first-order valence-electron chi connectivity index (χ1n) is 7.88. The summed E-state index contributed by atoms with van der Waals surface area (Å²) >= 11 is 0. The van der Waals surface area contributed by atoms with Gasteiger partial charge in [-0.2, -0.15) is 0 Å². The first-order chi connectivity index (χ1) is 11.5. The van der Waals surface area contributed by atoms with E-state index in [1.54, 1.807) is 18.2 Å². The number of nitrogens with one attached hydrogen (secondary N) is 1. The summed E-state index contributed by atoms with van der Waals surface area (Å²) in [4.78, 5) is 12.1. The standard InChI is InChI=1S/C19H18FNO3/c20-16-4-1-3-14(11-16)6-9-19(23)8-2-5-17(12-19)21-18(22)15-7-10-24-13-15/h1,3-4,7,10-11,13,17,23H,2,5,8,12H2,(H,21,22)/t17-,19+/m1/s1. The van der Waals surface area contributed by atoms with E-state index in [-0.39, 0.29) is 17.8 Å². The molecule has 124 valence electrons. The molecule has 1 aliphatic rings. The van der Waals surface area contributed by atoms with Crippen LogP contribution in [-0.4, -0.2) is 22.7 Å². The lowest BCUT2D eigenvalue weighted by molar-refractivity contribution is 0.0452. The number of benzene rings is 1. The molecule has 0 radical (unpaired) electrons. The van der Waals surface area contributed by atoms with Crippen molar-refractivity contribution >= 4 is 5.91 Å². The van der Waals surface area contributed by atoms with Crippen LogP contribution in [0.1, 0.15) is 41.6 Å². The fraction of sp³-hybridized carbons (Fsp3) is 0.316. The van der Waals surface area contributed by atoms with Gasteiger partial charge in [0.1, 0.15) is 17.7 Å². The van der Waals surface area contributed by atoms with Crippen molar-refractivity contribution < 1.29 is 18.7 Å². The van der Waals surface area contributed by atoms with E-state index >= 15 is 0 Å². The molecule has 0 unspecified atom stereocenters. The van der Waals surface area contributed by atoms with Crippen molar-refractivity contribution in [2.75, 3.05) is 0 Å². The highest BCUT2D eigenvalue weighted by Gasteiger charge is 2.33. The van der Waals surface area contributed by atoms with Crippen molar-refractivity contribution in [2.24, 2.45) is 0 Å². The van der Waals surface area contributed by atoms with Gasteiger partial charge in [0.2, 0.25) is 0 Å². The average molecular weight is 327 g/mol. The monoisotopic (exact) mass is 327 g/mol. The third-order valence-corrected chi connectivity index (χ3v) is 4.11. The zero-order chi connectivity index (χ0) is 17.0. The summed E-state index contributed by atoms with van der Waals surface area (Å²) in [6.07, 6.45) is 5.25. The number of carbonyl (C=O) groups is 1. The van der Waals surface area contributed by atoms with Gasteiger partial charge in [0.25, 0.3) is 5.91 Å². The Labute approximate surface area is 139 Å². The minimum atomic E-state index is -1.18. The second kappa shape index (κ2) is 6.90. The Bertz CT molecular complexity index is 775. The van der Waals surface area contributed by atoms with E-state index in [4.69, 9.17) is 4.42 Å². The number of rotatable bonds is 2. The minimum absolute atomic E-state index is 0.159. The molecule has 2 atom stereocenters. The third-order valence-electron chi connectivity index (χ3n) is 4.11. The Morgan fingerprint density at radius 3 is 3.04 bits per heavy atom. The van der Waals surface area contributed by atoms with Crippen LogP contribution in [0.15, 0.2) is 47.3 Å². The number of furan rings is 1. The Balaban J connectivity index is 1.67. The molecular formula is C19H18FNO3. The topological polar surface area (TPSA) is 62.5 Å². The van der Waals surface area contributed by atoms with Crippen molar-refractivity contribution in [3.8, 4) is 11.8 Å². The van der Waals surface area contributed by atoms with Gasteiger partial charge in [0, 0.05) is 18.0 Å². The Morgan fingerprint density at radius 1 is 1.42 bits per heavy atom. The molecule has 1 heterocycles. The number of carbonyl (C=O) groups excluding carboxylic acids is 1. The Morgan fingerprint density at radius 2 is 2.29 bits per heavy atom. The number of halogens is 1. The second-order valence-electron chi connectivity index (χ2n) is 6.07. The Kier molecular flexibility index (Phi) is 4.68. The molecular weight excluding hydrogens is 309 g/mol. The summed E-state index contributed by atoms with van der Waals surface area (Å²) in [5, 5.41) is 13.6. The molecule has 1 aromatic heterocycles. The summed E-state index contributed by atoms with van der Waals surface area (Å²) in [5.41, 5.74) is -0.207. The highest BCUT2D eigenvalue weighted by Crippen LogP contribution is 2.28. The molecule has 1 saturated carbocycles. The summed E-state index contributed by atoms with van der Waals surface area (Å²) < 4.78 is 18.1. The van der Waals surface area contributed by atoms with E-state index in [1.165, 1.54) is 24.7 Å². The highest BCUT2D eigenvalue weighted by atomic mass is 19.1. The fourth-order valence-corrected chi connectivity index (χ4v) is 2.91. The van der Waals surface area contributed by atoms with Gasteiger partial charge < -0.3 is 14.8 Å². The molecule has 3 rings (SSSR count). The van der Waals surface area contributed by atoms with Gasteiger partial charge in [-0.25, -0.2) is 4.39 Å². The molecule has 1 aliphatic carbocycles. The lowest BCUT2D eigenvalue weighted by atomic mass is 9.82. The molecule has 5 heteroatoms. The predicted molar refractivity (Wildman–Crippen MR) is 86.7 cm³/mol. The van der Waals surface area contributed by atoms with Crippen LogP contribution in [0, 0.1) is 17.7 Å².